The van der Waals surface area contributed by atoms with Crippen LogP contribution in [0.2, 0.25) is 0 Å². The molecule has 0 fully saturated rings. The Balaban J connectivity index is 2.20. The normalized spacial score (nSPS) is 11.4. The second kappa shape index (κ2) is 5.86. The summed E-state index contributed by atoms with van der Waals surface area (Å²) in [5, 5.41) is 8.45. The number of aryl methyl sites for hydroxylation is 2. The van der Waals surface area contributed by atoms with Crippen LogP contribution in [-0.4, -0.2) is 25.3 Å². The van der Waals surface area contributed by atoms with Gasteiger partial charge in [-0.3, -0.25) is 14.2 Å². The Labute approximate surface area is 118 Å². The van der Waals surface area contributed by atoms with Crippen molar-refractivity contribution in [3.63, 3.8) is 0 Å². The number of hydrogen-bond acceptors (Lipinski definition) is 3. The molecule has 5 heteroatoms. The zero-order valence-electron chi connectivity index (χ0n) is 12.4. The number of hydrogen-bond donors (Lipinski definition) is 0. The van der Waals surface area contributed by atoms with Gasteiger partial charge in [-0.2, -0.15) is 10.2 Å². The lowest BCUT2D eigenvalue weighted by atomic mass is 10.1. The summed E-state index contributed by atoms with van der Waals surface area (Å²) in [5.41, 5.74) is 3.60. The molecule has 0 atom stereocenters. The van der Waals surface area contributed by atoms with Gasteiger partial charge in [0.2, 0.25) is 0 Å². The van der Waals surface area contributed by atoms with Crippen LogP contribution in [0.4, 0.5) is 0 Å². The number of aromatic nitrogens is 4. The van der Waals surface area contributed by atoms with E-state index in [1.165, 1.54) is 0 Å². The Hall–Kier alpha value is -2.17. The van der Waals surface area contributed by atoms with Gasteiger partial charge in [-0.25, -0.2) is 0 Å². The lowest BCUT2D eigenvalue weighted by Crippen LogP contribution is -2.01. The summed E-state index contributed by atoms with van der Waals surface area (Å²) < 4.78 is 3.73. The van der Waals surface area contributed by atoms with Gasteiger partial charge in [-0.05, 0) is 39.8 Å². The molecule has 2 aromatic heterocycles. The van der Waals surface area contributed by atoms with Crippen LogP contribution in [0.15, 0.2) is 18.5 Å². The zero-order chi connectivity index (χ0) is 14.7. The fraction of sp³-hybridized carbons (Fsp3) is 0.400. The molecule has 2 heterocycles. The molecular formula is C15H20N4O. The van der Waals surface area contributed by atoms with E-state index in [9.17, 15) is 4.79 Å². The molecule has 0 radical (unpaired) electrons. The standard InChI is InChI=1S/C15H20N4O/c1-5-18-11(3)13(9-16-18)7-8-15(20)14-10-17-19(6-2)12(14)4/h7-10H,5-6H2,1-4H3/b8-7+. The van der Waals surface area contributed by atoms with Crippen molar-refractivity contribution >= 4 is 11.9 Å². The molecule has 0 spiro atoms. The zero-order valence-corrected chi connectivity index (χ0v) is 12.4. The Morgan fingerprint density at radius 1 is 1.10 bits per heavy atom. The van der Waals surface area contributed by atoms with Crippen LogP contribution in [0.5, 0.6) is 0 Å². The van der Waals surface area contributed by atoms with Crippen LogP contribution >= 0.6 is 0 Å². The van der Waals surface area contributed by atoms with Gasteiger partial charge in [0.25, 0.3) is 0 Å². The van der Waals surface area contributed by atoms with Gasteiger partial charge in [-0.15, -0.1) is 0 Å². The number of ketones is 1. The quantitative estimate of drug-likeness (QED) is 0.621. The van der Waals surface area contributed by atoms with Crippen LogP contribution in [0.25, 0.3) is 6.08 Å². The Morgan fingerprint density at radius 3 is 2.25 bits per heavy atom. The van der Waals surface area contributed by atoms with Crippen LogP contribution in [0, 0.1) is 13.8 Å². The number of carbonyl (C=O) groups is 1. The molecule has 2 aromatic rings. The summed E-state index contributed by atoms with van der Waals surface area (Å²) >= 11 is 0. The van der Waals surface area contributed by atoms with Crippen molar-refractivity contribution < 1.29 is 4.79 Å². The second-order valence-electron chi connectivity index (χ2n) is 4.66. The van der Waals surface area contributed by atoms with E-state index in [4.69, 9.17) is 0 Å². The third-order valence-electron chi connectivity index (χ3n) is 3.52. The molecule has 20 heavy (non-hydrogen) atoms. The highest BCUT2D eigenvalue weighted by Gasteiger charge is 2.11. The van der Waals surface area contributed by atoms with E-state index >= 15 is 0 Å². The molecule has 106 valence electrons. The predicted octanol–water partition coefficient (Wildman–Crippen LogP) is 2.63. The Bertz CT molecular complexity index is 649. The third kappa shape index (κ3) is 2.57. The molecule has 0 aliphatic carbocycles. The van der Waals surface area contributed by atoms with E-state index in [1.54, 1.807) is 18.5 Å². The van der Waals surface area contributed by atoms with Gasteiger partial charge >= 0.3 is 0 Å². The molecule has 0 aromatic carbocycles. The summed E-state index contributed by atoms with van der Waals surface area (Å²) in [7, 11) is 0. The molecule has 0 aliphatic rings. The van der Waals surface area contributed by atoms with Crippen molar-refractivity contribution in [1.82, 2.24) is 19.6 Å². The van der Waals surface area contributed by atoms with Crippen molar-refractivity contribution in [1.29, 1.82) is 0 Å². The summed E-state index contributed by atoms with van der Waals surface area (Å²) in [4.78, 5) is 12.2. The van der Waals surface area contributed by atoms with Gasteiger partial charge in [0.15, 0.2) is 5.78 Å². The molecular weight excluding hydrogens is 252 g/mol. The lowest BCUT2D eigenvalue weighted by molar-refractivity contribution is 0.104. The van der Waals surface area contributed by atoms with E-state index in [2.05, 4.69) is 10.2 Å². The minimum atomic E-state index is -0.0224. The van der Waals surface area contributed by atoms with Crippen LogP contribution < -0.4 is 0 Å². The van der Waals surface area contributed by atoms with E-state index in [-0.39, 0.29) is 5.78 Å². The monoisotopic (exact) mass is 272 g/mol. The van der Waals surface area contributed by atoms with Crippen molar-refractivity contribution in [2.75, 3.05) is 0 Å². The number of rotatable bonds is 5. The van der Waals surface area contributed by atoms with Crippen LogP contribution in [-0.2, 0) is 13.1 Å². The molecule has 0 bridgehead atoms. The largest absolute Gasteiger partial charge is 0.289 e. The minimum Gasteiger partial charge on any atom is -0.289 e. The van der Waals surface area contributed by atoms with Gasteiger partial charge in [0.1, 0.15) is 0 Å². The van der Waals surface area contributed by atoms with Crippen molar-refractivity contribution in [2.24, 2.45) is 0 Å². The first kappa shape index (κ1) is 14.2. The van der Waals surface area contributed by atoms with Gasteiger partial charge < -0.3 is 0 Å². The first-order chi connectivity index (χ1) is 9.58. The first-order valence-corrected chi connectivity index (χ1v) is 6.85. The van der Waals surface area contributed by atoms with Gasteiger partial charge in [0, 0.05) is 30.0 Å². The predicted molar refractivity (Wildman–Crippen MR) is 78.6 cm³/mol. The van der Waals surface area contributed by atoms with Crippen LogP contribution in [0.3, 0.4) is 0 Å². The van der Waals surface area contributed by atoms with E-state index in [0.29, 0.717) is 5.56 Å². The summed E-state index contributed by atoms with van der Waals surface area (Å²) in [6.07, 6.45) is 6.83. The molecule has 0 unspecified atom stereocenters. The average Bonchev–Trinajstić information content (AvgIpc) is 2.99. The van der Waals surface area contributed by atoms with Gasteiger partial charge in [-0.1, -0.05) is 0 Å². The highest BCUT2D eigenvalue weighted by atomic mass is 16.1. The topological polar surface area (TPSA) is 52.7 Å². The summed E-state index contributed by atoms with van der Waals surface area (Å²) in [6, 6.07) is 0. The smallest absolute Gasteiger partial charge is 0.189 e. The molecule has 0 saturated carbocycles. The fourth-order valence-corrected chi connectivity index (χ4v) is 2.21. The van der Waals surface area contributed by atoms with Crippen molar-refractivity contribution in [3.8, 4) is 0 Å². The third-order valence-corrected chi connectivity index (χ3v) is 3.52. The van der Waals surface area contributed by atoms with Crippen molar-refractivity contribution in [3.05, 3.63) is 41.0 Å². The van der Waals surface area contributed by atoms with Crippen LogP contribution in [0.1, 0.15) is 41.2 Å². The SMILES string of the molecule is CCn1ncc(/C=C/C(=O)c2cnn(CC)c2C)c1C. The Kier molecular flexibility index (Phi) is 4.17. The molecule has 0 aliphatic heterocycles. The molecule has 0 amide bonds. The lowest BCUT2D eigenvalue weighted by Gasteiger charge is -2.00. The molecule has 2 rings (SSSR count). The highest BCUT2D eigenvalue weighted by Crippen LogP contribution is 2.12. The Morgan fingerprint density at radius 2 is 1.70 bits per heavy atom. The van der Waals surface area contributed by atoms with Gasteiger partial charge in [0.05, 0.1) is 18.0 Å². The maximum Gasteiger partial charge on any atom is 0.189 e. The molecule has 5 nitrogen and oxygen atoms in total. The second-order valence-corrected chi connectivity index (χ2v) is 4.66. The highest BCUT2D eigenvalue weighted by molar-refractivity contribution is 6.07. The number of allylic oxidation sites excluding steroid dienone is 1. The minimum absolute atomic E-state index is 0.0224. The van der Waals surface area contributed by atoms with Crippen molar-refractivity contribution in [2.45, 2.75) is 40.8 Å². The maximum atomic E-state index is 12.2. The van der Waals surface area contributed by atoms with E-state index in [1.807, 2.05) is 43.1 Å². The number of carbonyl (C=O) groups excluding carboxylic acids is 1. The number of nitrogens with zero attached hydrogens (tertiary/aromatic N) is 4. The maximum absolute atomic E-state index is 12.2. The average molecular weight is 272 g/mol. The molecule has 0 N–H and O–H groups in total. The summed E-state index contributed by atoms with van der Waals surface area (Å²) in [5.74, 6) is -0.0224. The molecule has 0 saturated heterocycles. The summed E-state index contributed by atoms with van der Waals surface area (Å²) in [6.45, 7) is 9.56. The first-order valence-electron chi connectivity index (χ1n) is 6.85. The fourth-order valence-electron chi connectivity index (χ4n) is 2.21. The van der Waals surface area contributed by atoms with E-state index < -0.39 is 0 Å². The van der Waals surface area contributed by atoms with E-state index in [0.717, 1.165) is 30.0 Å².